The van der Waals surface area contributed by atoms with Crippen LogP contribution < -0.4 is 15.4 Å². The summed E-state index contributed by atoms with van der Waals surface area (Å²) < 4.78 is 5.08. The number of halogens is 1. The molecule has 3 rings (SSSR count). The number of amides is 1. The summed E-state index contributed by atoms with van der Waals surface area (Å²) in [4.78, 5) is 16.5. The molecule has 0 aliphatic heterocycles. The molecular weight excluding hydrogens is 350 g/mol. The third kappa shape index (κ3) is 4.32. The first kappa shape index (κ1) is 17.8. The standard InChI is InChI=1S/C20H18ClN3O2/c1-13-3-6-15(11-18(13)21)23-16-7-10-19(22-12-16)24-20(25)14-4-8-17(26-2)9-5-14/h3-12,23H,1-2H3,(H,22,24,25). The van der Waals surface area contributed by atoms with Gasteiger partial charge < -0.3 is 15.4 Å². The fourth-order valence-electron chi connectivity index (χ4n) is 2.31. The normalized spacial score (nSPS) is 10.3. The lowest BCUT2D eigenvalue weighted by atomic mass is 10.2. The highest BCUT2D eigenvalue weighted by Crippen LogP contribution is 2.23. The fraction of sp³-hybridized carbons (Fsp3) is 0.100. The minimum atomic E-state index is -0.230. The van der Waals surface area contributed by atoms with Crippen molar-refractivity contribution in [2.24, 2.45) is 0 Å². The summed E-state index contributed by atoms with van der Waals surface area (Å²) in [6.45, 7) is 1.95. The molecule has 3 aromatic rings. The number of benzene rings is 2. The second-order valence-electron chi connectivity index (χ2n) is 5.70. The van der Waals surface area contributed by atoms with Crippen LogP contribution >= 0.6 is 11.6 Å². The minimum absolute atomic E-state index is 0.230. The summed E-state index contributed by atoms with van der Waals surface area (Å²) in [5, 5.41) is 6.69. The quantitative estimate of drug-likeness (QED) is 0.662. The summed E-state index contributed by atoms with van der Waals surface area (Å²) in [7, 11) is 1.58. The maximum atomic E-state index is 12.2. The molecule has 5 nitrogen and oxygen atoms in total. The lowest BCUT2D eigenvalue weighted by Gasteiger charge is -2.09. The van der Waals surface area contributed by atoms with E-state index in [1.165, 1.54) is 0 Å². The lowest BCUT2D eigenvalue weighted by molar-refractivity contribution is 0.102. The van der Waals surface area contributed by atoms with Crippen molar-refractivity contribution in [1.29, 1.82) is 0 Å². The zero-order valence-electron chi connectivity index (χ0n) is 14.4. The van der Waals surface area contributed by atoms with E-state index in [1.807, 2.05) is 31.2 Å². The van der Waals surface area contributed by atoms with Gasteiger partial charge in [-0.1, -0.05) is 17.7 Å². The highest BCUT2D eigenvalue weighted by molar-refractivity contribution is 6.31. The Bertz CT molecular complexity index is 909. The summed E-state index contributed by atoms with van der Waals surface area (Å²) in [6, 6.07) is 16.2. The summed E-state index contributed by atoms with van der Waals surface area (Å²) in [5.74, 6) is 0.941. The van der Waals surface area contributed by atoms with E-state index in [0.29, 0.717) is 22.2 Å². The highest BCUT2D eigenvalue weighted by atomic mass is 35.5. The number of aryl methyl sites for hydroxylation is 1. The van der Waals surface area contributed by atoms with Crippen LogP contribution in [0.4, 0.5) is 17.2 Å². The van der Waals surface area contributed by atoms with Crippen molar-refractivity contribution in [1.82, 2.24) is 4.98 Å². The van der Waals surface area contributed by atoms with Gasteiger partial charge in [0.15, 0.2) is 0 Å². The largest absolute Gasteiger partial charge is 0.497 e. The zero-order valence-corrected chi connectivity index (χ0v) is 15.2. The molecular formula is C20H18ClN3O2. The fourth-order valence-corrected chi connectivity index (χ4v) is 2.49. The number of aromatic nitrogens is 1. The van der Waals surface area contributed by atoms with Crippen LogP contribution in [0.3, 0.4) is 0 Å². The van der Waals surface area contributed by atoms with Gasteiger partial charge in [-0.2, -0.15) is 0 Å². The van der Waals surface area contributed by atoms with Crippen LogP contribution in [0.2, 0.25) is 5.02 Å². The van der Waals surface area contributed by atoms with E-state index < -0.39 is 0 Å². The van der Waals surface area contributed by atoms with Crippen LogP contribution in [0.15, 0.2) is 60.8 Å². The number of nitrogens with zero attached hydrogens (tertiary/aromatic N) is 1. The van der Waals surface area contributed by atoms with E-state index in [2.05, 4.69) is 15.6 Å². The van der Waals surface area contributed by atoms with E-state index in [-0.39, 0.29) is 5.91 Å². The second kappa shape index (κ2) is 7.89. The van der Waals surface area contributed by atoms with E-state index in [4.69, 9.17) is 16.3 Å². The number of nitrogens with one attached hydrogen (secondary N) is 2. The van der Waals surface area contributed by atoms with Gasteiger partial charge in [0.1, 0.15) is 11.6 Å². The van der Waals surface area contributed by atoms with Gasteiger partial charge in [0.25, 0.3) is 5.91 Å². The Balaban J connectivity index is 1.65. The molecule has 6 heteroatoms. The molecule has 0 atom stereocenters. The van der Waals surface area contributed by atoms with Crippen molar-refractivity contribution < 1.29 is 9.53 Å². The number of carbonyl (C=O) groups is 1. The molecule has 0 aliphatic rings. The predicted octanol–water partition coefficient (Wildman–Crippen LogP) is 5.05. The number of methoxy groups -OCH3 is 1. The smallest absolute Gasteiger partial charge is 0.256 e. The average Bonchev–Trinajstić information content (AvgIpc) is 2.66. The Morgan fingerprint density at radius 3 is 2.38 bits per heavy atom. The topological polar surface area (TPSA) is 63.2 Å². The number of ether oxygens (including phenoxy) is 1. The van der Waals surface area contributed by atoms with Gasteiger partial charge in [0, 0.05) is 16.3 Å². The molecule has 0 aliphatic carbocycles. The van der Waals surface area contributed by atoms with Gasteiger partial charge in [0.2, 0.25) is 0 Å². The molecule has 0 radical (unpaired) electrons. The molecule has 0 bridgehead atoms. The highest BCUT2D eigenvalue weighted by Gasteiger charge is 2.07. The van der Waals surface area contributed by atoms with Crippen molar-refractivity contribution >= 4 is 34.7 Å². The van der Waals surface area contributed by atoms with E-state index in [1.54, 1.807) is 43.6 Å². The maximum absolute atomic E-state index is 12.2. The number of hydrogen-bond donors (Lipinski definition) is 2. The van der Waals surface area contributed by atoms with Crippen LogP contribution in [0, 0.1) is 6.92 Å². The molecule has 132 valence electrons. The Morgan fingerprint density at radius 1 is 1.04 bits per heavy atom. The summed E-state index contributed by atoms with van der Waals surface area (Å²) in [5.41, 5.74) is 3.22. The van der Waals surface area contributed by atoms with Gasteiger partial charge >= 0.3 is 0 Å². The molecule has 1 amide bonds. The van der Waals surface area contributed by atoms with Crippen LogP contribution in [0.1, 0.15) is 15.9 Å². The monoisotopic (exact) mass is 367 g/mol. The van der Waals surface area contributed by atoms with E-state index in [9.17, 15) is 4.79 Å². The first-order chi connectivity index (χ1) is 12.5. The molecule has 2 aromatic carbocycles. The van der Waals surface area contributed by atoms with Crippen molar-refractivity contribution in [3.05, 3.63) is 76.9 Å². The molecule has 1 heterocycles. The first-order valence-corrected chi connectivity index (χ1v) is 8.37. The number of pyridine rings is 1. The Morgan fingerprint density at radius 2 is 1.77 bits per heavy atom. The summed E-state index contributed by atoms with van der Waals surface area (Å²) >= 11 is 6.13. The number of hydrogen-bond acceptors (Lipinski definition) is 4. The van der Waals surface area contributed by atoms with Crippen LogP contribution in [-0.2, 0) is 0 Å². The molecule has 0 saturated carbocycles. The minimum Gasteiger partial charge on any atom is -0.497 e. The third-order valence-electron chi connectivity index (χ3n) is 3.82. The van der Waals surface area contributed by atoms with Crippen molar-refractivity contribution in [2.45, 2.75) is 6.92 Å². The van der Waals surface area contributed by atoms with E-state index >= 15 is 0 Å². The van der Waals surface area contributed by atoms with Crippen molar-refractivity contribution in [2.75, 3.05) is 17.7 Å². The van der Waals surface area contributed by atoms with Crippen LogP contribution in [-0.4, -0.2) is 18.0 Å². The third-order valence-corrected chi connectivity index (χ3v) is 4.22. The van der Waals surface area contributed by atoms with Gasteiger partial charge in [0.05, 0.1) is 19.0 Å². The zero-order chi connectivity index (χ0) is 18.5. The molecule has 0 unspecified atom stereocenters. The molecule has 1 aromatic heterocycles. The van der Waals surface area contributed by atoms with E-state index in [0.717, 1.165) is 16.9 Å². The Hall–Kier alpha value is -3.05. The molecule has 0 saturated heterocycles. The van der Waals surface area contributed by atoms with Crippen molar-refractivity contribution in [3.8, 4) is 5.75 Å². The average molecular weight is 368 g/mol. The SMILES string of the molecule is COc1ccc(C(=O)Nc2ccc(Nc3ccc(C)c(Cl)c3)cn2)cc1. The Labute approximate surface area is 157 Å². The first-order valence-electron chi connectivity index (χ1n) is 8.00. The maximum Gasteiger partial charge on any atom is 0.256 e. The molecule has 0 spiro atoms. The second-order valence-corrected chi connectivity index (χ2v) is 6.11. The Kier molecular flexibility index (Phi) is 5.39. The van der Waals surface area contributed by atoms with Crippen LogP contribution in [0.5, 0.6) is 5.75 Å². The van der Waals surface area contributed by atoms with Gasteiger partial charge in [-0.15, -0.1) is 0 Å². The number of carbonyl (C=O) groups excluding carboxylic acids is 1. The van der Waals surface area contributed by atoms with Gasteiger partial charge in [-0.25, -0.2) is 4.98 Å². The summed E-state index contributed by atoms with van der Waals surface area (Å²) in [6.07, 6.45) is 1.65. The lowest BCUT2D eigenvalue weighted by Crippen LogP contribution is -2.12. The van der Waals surface area contributed by atoms with Crippen LogP contribution in [0.25, 0.3) is 0 Å². The van der Waals surface area contributed by atoms with Gasteiger partial charge in [-0.05, 0) is 61.0 Å². The molecule has 26 heavy (non-hydrogen) atoms. The molecule has 0 fully saturated rings. The number of anilines is 3. The van der Waals surface area contributed by atoms with Gasteiger partial charge in [-0.3, -0.25) is 4.79 Å². The molecule has 2 N–H and O–H groups in total. The number of rotatable bonds is 5. The van der Waals surface area contributed by atoms with Crippen molar-refractivity contribution in [3.63, 3.8) is 0 Å². The predicted molar refractivity (Wildman–Crippen MR) is 105 cm³/mol.